The van der Waals surface area contributed by atoms with E-state index in [2.05, 4.69) is 5.32 Å². The number of nitrogens with one attached hydrogen (secondary N) is 1. The van der Waals surface area contributed by atoms with Crippen LogP contribution in [0.2, 0.25) is 0 Å². The van der Waals surface area contributed by atoms with Gasteiger partial charge in [0.2, 0.25) is 0 Å². The van der Waals surface area contributed by atoms with Crippen LogP contribution >= 0.6 is 0 Å². The van der Waals surface area contributed by atoms with Crippen LogP contribution in [-0.2, 0) is 16.0 Å². The number of carbonyl (C=O) groups is 2. The molecule has 2 aromatic rings. The van der Waals surface area contributed by atoms with Crippen molar-refractivity contribution >= 4 is 11.9 Å². The van der Waals surface area contributed by atoms with Gasteiger partial charge in [0.1, 0.15) is 13.2 Å². The van der Waals surface area contributed by atoms with Crippen LogP contribution in [0.4, 0.5) is 0 Å². The van der Waals surface area contributed by atoms with Gasteiger partial charge in [-0.15, -0.1) is 0 Å². The van der Waals surface area contributed by atoms with Crippen molar-refractivity contribution in [3.05, 3.63) is 47.5 Å². The zero-order valence-electron chi connectivity index (χ0n) is 17.9. The molecule has 3 rings (SSSR count). The number of esters is 1. The lowest BCUT2D eigenvalue weighted by molar-refractivity contribution is -0.124. The lowest BCUT2D eigenvalue weighted by Gasteiger charge is -2.18. The van der Waals surface area contributed by atoms with E-state index >= 15 is 0 Å². The summed E-state index contributed by atoms with van der Waals surface area (Å²) in [4.78, 5) is 24.3. The molecule has 0 bridgehead atoms. The maximum atomic E-state index is 12.3. The number of rotatable bonds is 9. The van der Waals surface area contributed by atoms with Crippen LogP contribution in [0.25, 0.3) is 0 Å². The minimum Gasteiger partial charge on any atom is -0.493 e. The molecule has 0 aromatic heterocycles. The van der Waals surface area contributed by atoms with Crippen LogP contribution in [0.1, 0.15) is 29.8 Å². The minimum atomic E-state index is -0.614. The van der Waals surface area contributed by atoms with Gasteiger partial charge in [-0.05, 0) is 56.2 Å². The molecule has 0 saturated carbocycles. The molecule has 0 fully saturated rings. The van der Waals surface area contributed by atoms with E-state index in [4.69, 9.17) is 23.7 Å². The van der Waals surface area contributed by atoms with Gasteiger partial charge in [-0.1, -0.05) is 6.07 Å². The van der Waals surface area contributed by atoms with E-state index in [9.17, 15) is 9.59 Å². The number of hydrogen-bond acceptors (Lipinski definition) is 7. The SMILES string of the molecule is COc1cc(C(=O)OCC(=O)NCCc2ccc3c(c2)OCCO3)ccc1OC(C)C. The van der Waals surface area contributed by atoms with Crippen molar-refractivity contribution in [1.82, 2.24) is 5.32 Å². The first-order valence-electron chi connectivity index (χ1n) is 10.1. The average Bonchev–Trinajstić information content (AvgIpc) is 2.77. The smallest absolute Gasteiger partial charge is 0.338 e. The molecule has 0 unspecified atom stereocenters. The molecule has 1 aliphatic heterocycles. The minimum absolute atomic E-state index is 0.0300. The molecule has 166 valence electrons. The first-order valence-corrected chi connectivity index (χ1v) is 10.1. The van der Waals surface area contributed by atoms with E-state index in [1.54, 1.807) is 12.1 Å². The normalized spacial score (nSPS) is 12.3. The van der Waals surface area contributed by atoms with E-state index in [-0.39, 0.29) is 24.2 Å². The second-order valence-electron chi connectivity index (χ2n) is 7.19. The van der Waals surface area contributed by atoms with Crippen LogP contribution in [-0.4, -0.2) is 51.5 Å². The highest BCUT2D eigenvalue weighted by atomic mass is 16.6. The summed E-state index contributed by atoms with van der Waals surface area (Å²) in [6.45, 7) is 4.90. The molecular formula is C23H27NO7. The zero-order chi connectivity index (χ0) is 22.2. The summed E-state index contributed by atoms with van der Waals surface area (Å²) >= 11 is 0. The van der Waals surface area contributed by atoms with E-state index in [1.165, 1.54) is 13.2 Å². The molecule has 31 heavy (non-hydrogen) atoms. The van der Waals surface area contributed by atoms with Gasteiger partial charge >= 0.3 is 5.97 Å². The number of benzene rings is 2. The second-order valence-corrected chi connectivity index (χ2v) is 7.19. The van der Waals surface area contributed by atoms with Crippen LogP contribution in [0.3, 0.4) is 0 Å². The Hall–Kier alpha value is -3.42. The Morgan fingerprint density at radius 2 is 1.81 bits per heavy atom. The highest BCUT2D eigenvalue weighted by molar-refractivity contribution is 5.92. The predicted octanol–water partition coefficient (Wildman–Crippen LogP) is 2.77. The molecule has 1 N–H and O–H groups in total. The molecular weight excluding hydrogens is 402 g/mol. The van der Waals surface area contributed by atoms with E-state index in [0.29, 0.717) is 43.4 Å². The number of amides is 1. The topological polar surface area (TPSA) is 92.3 Å². The van der Waals surface area contributed by atoms with Crippen LogP contribution in [0.5, 0.6) is 23.0 Å². The van der Waals surface area contributed by atoms with Crippen molar-refractivity contribution in [2.24, 2.45) is 0 Å². The summed E-state index contributed by atoms with van der Waals surface area (Å²) in [6, 6.07) is 10.4. The Labute approximate surface area is 181 Å². The van der Waals surface area contributed by atoms with E-state index < -0.39 is 5.97 Å². The molecule has 0 radical (unpaired) electrons. The Morgan fingerprint density at radius 1 is 1.03 bits per heavy atom. The Balaban J connectivity index is 1.44. The fraction of sp³-hybridized carbons (Fsp3) is 0.391. The quantitative estimate of drug-likeness (QED) is 0.613. The first kappa shape index (κ1) is 22.3. The maximum absolute atomic E-state index is 12.3. The summed E-state index contributed by atoms with van der Waals surface area (Å²) in [5, 5.41) is 2.74. The fourth-order valence-corrected chi connectivity index (χ4v) is 3.00. The highest BCUT2D eigenvalue weighted by Crippen LogP contribution is 2.31. The highest BCUT2D eigenvalue weighted by Gasteiger charge is 2.15. The van der Waals surface area contributed by atoms with Gasteiger partial charge in [0, 0.05) is 6.54 Å². The second kappa shape index (κ2) is 10.6. The molecule has 0 saturated heterocycles. The summed E-state index contributed by atoms with van der Waals surface area (Å²) in [6.07, 6.45) is 0.586. The molecule has 1 amide bonds. The molecule has 1 heterocycles. The molecule has 0 aliphatic carbocycles. The molecule has 8 heteroatoms. The Morgan fingerprint density at radius 3 is 2.55 bits per heavy atom. The van der Waals surface area contributed by atoms with E-state index in [1.807, 2.05) is 32.0 Å². The van der Waals surface area contributed by atoms with Crippen molar-refractivity contribution in [2.75, 3.05) is 33.5 Å². The van der Waals surface area contributed by atoms with Gasteiger partial charge < -0.3 is 29.0 Å². The van der Waals surface area contributed by atoms with Gasteiger partial charge in [0.15, 0.2) is 29.6 Å². The lowest BCUT2D eigenvalue weighted by atomic mass is 10.1. The third-order valence-electron chi connectivity index (χ3n) is 4.44. The summed E-state index contributed by atoms with van der Waals surface area (Å²) < 4.78 is 27.0. The monoisotopic (exact) mass is 429 g/mol. The number of ether oxygens (including phenoxy) is 5. The third-order valence-corrected chi connectivity index (χ3v) is 4.44. The molecule has 0 atom stereocenters. The zero-order valence-corrected chi connectivity index (χ0v) is 17.9. The third kappa shape index (κ3) is 6.28. The predicted molar refractivity (Wildman–Crippen MR) is 113 cm³/mol. The van der Waals surface area contributed by atoms with Gasteiger partial charge in [0.25, 0.3) is 5.91 Å². The Bertz CT molecular complexity index is 926. The van der Waals surface area contributed by atoms with Crippen molar-refractivity contribution in [2.45, 2.75) is 26.4 Å². The van der Waals surface area contributed by atoms with Crippen LogP contribution < -0.4 is 24.3 Å². The van der Waals surface area contributed by atoms with E-state index in [0.717, 1.165) is 11.3 Å². The fourth-order valence-electron chi connectivity index (χ4n) is 3.00. The van der Waals surface area contributed by atoms with Gasteiger partial charge in [-0.3, -0.25) is 4.79 Å². The number of hydrogen-bond donors (Lipinski definition) is 1. The molecule has 2 aromatic carbocycles. The summed E-state index contributed by atoms with van der Waals surface area (Å²) in [7, 11) is 1.49. The first-order chi connectivity index (χ1) is 15.0. The standard InChI is InChI=1S/C23H27NO7/c1-15(2)31-19-7-5-17(13-20(19)27-3)23(26)30-14-22(25)24-9-8-16-4-6-18-21(12-16)29-11-10-28-18/h4-7,12-13,15H,8-11,14H2,1-3H3,(H,24,25). The molecule has 0 spiro atoms. The van der Waals surface area contributed by atoms with Crippen molar-refractivity contribution < 1.29 is 33.3 Å². The van der Waals surface area contributed by atoms with Crippen molar-refractivity contribution in [3.63, 3.8) is 0 Å². The van der Waals surface area contributed by atoms with Gasteiger partial charge in [-0.2, -0.15) is 0 Å². The number of methoxy groups -OCH3 is 1. The molecule has 1 aliphatic rings. The van der Waals surface area contributed by atoms with Gasteiger partial charge in [0.05, 0.1) is 18.8 Å². The van der Waals surface area contributed by atoms with Crippen LogP contribution in [0, 0.1) is 0 Å². The lowest BCUT2D eigenvalue weighted by Crippen LogP contribution is -2.30. The van der Waals surface area contributed by atoms with Crippen LogP contribution in [0.15, 0.2) is 36.4 Å². The number of fused-ring (bicyclic) bond motifs is 1. The maximum Gasteiger partial charge on any atom is 0.338 e. The Kier molecular flexibility index (Phi) is 7.59. The van der Waals surface area contributed by atoms with Gasteiger partial charge in [-0.25, -0.2) is 4.79 Å². The summed E-state index contributed by atoms with van der Waals surface area (Å²) in [5.41, 5.74) is 1.29. The summed E-state index contributed by atoms with van der Waals surface area (Å²) in [5.74, 6) is 1.41. The van der Waals surface area contributed by atoms with Crippen molar-refractivity contribution in [3.8, 4) is 23.0 Å². The average molecular weight is 429 g/mol. The molecule has 8 nitrogen and oxygen atoms in total. The largest absolute Gasteiger partial charge is 0.493 e. The number of carbonyl (C=O) groups excluding carboxylic acids is 2. The van der Waals surface area contributed by atoms with Crippen molar-refractivity contribution in [1.29, 1.82) is 0 Å².